The minimum absolute atomic E-state index is 0.120. The molecular formula is C11H12BrN5O. The molecule has 2 rings (SSSR count). The first-order chi connectivity index (χ1) is 8.60. The fourth-order valence-corrected chi connectivity index (χ4v) is 1.94. The van der Waals surface area contributed by atoms with Crippen LogP contribution in [0.25, 0.3) is 0 Å². The van der Waals surface area contributed by atoms with E-state index in [1.807, 2.05) is 6.92 Å². The number of aromatic nitrogens is 3. The first-order valence-corrected chi connectivity index (χ1v) is 6.05. The van der Waals surface area contributed by atoms with Gasteiger partial charge in [-0.1, -0.05) is 0 Å². The third-order valence-electron chi connectivity index (χ3n) is 2.33. The molecular weight excluding hydrogens is 298 g/mol. The second-order valence-corrected chi connectivity index (χ2v) is 4.60. The number of aryl methyl sites for hydroxylation is 1. The van der Waals surface area contributed by atoms with Crippen molar-refractivity contribution in [2.75, 3.05) is 5.43 Å². The molecule has 0 aliphatic heterocycles. The lowest BCUT2D eigenvalue weighted by molar-refractivity contribution is 0.708. The summed E-state index contributed by atoms with van der Waals surface area (Å²) < 4.78 is 2.04. The summed E-state index contributed by atoms with van der Waals surface area (Å²) in [6.45, 7) is 2.14. The van der Waals surface area contributed by atoms with Gasteiger partial charge in [-0.25, -0.2) is 15.8 Å². The SMILES string of the molecule is Cc1cc(NN)nc(Cn2cccc(Br)c2=O)n1. The van der Waals surface area contributed by atoms with Crippen molar-refractivity contribution in [3.05, 3.63) is 50.7 Å². The standard InChI is InChI=1S/C11H12BrN5O/c1-7-5-9(16-13)15-10(14-7)6-17-4-2-3-8(12)11(17)18/h2-5H,6,13H2,1H3,(H,14,15,16). The van der Waals surface area contributed by atoms with Crippen LogP contribution in [0.5, 0.6) is 0 Å². The lowest BCUT2D eigenvalue weighted by Crippen LogP contribution is -2.22. The number of nitrogen functional groups attached to an aromatic ring is 1. The van der Waals surface area contributed by atoms with Crippen molar-refractivity contribution < 1.29 is 0 Å². The largest absolute Gasteiger partial charge is 0.308 e. The van der Waals surface area contributed by atoms with E-state index in [0.717, 1.165) is 5.69 Å². The number of nitrogens with two attached hydrogens (primary N) is 1. The van der Waals surface area contributed by atoms with Crippen LogP contribution in [0.3, 0.4) is 0 Å². The Morgan fingerprint density at radius 3 is 3.00 bits per heavy atom. The fourth-order valence-electron chi connectivity index (χ4n) is 1.56. The van der Waals surface area contributed by atoms with Gasteiger partial charge >= 0.3 is 0 Å². The van der Waals surface area contributed by atoms with E-state index < -0.39 is 0 Å². The topological polar surface area (TPSA) is 85.8 Å². The third-order valence-corrected chi connectivity index (χ3v) is 2.94. The highest BCUT2D eigenvalue weighted by Gasteiger charge is 2.05. The normalized spacial score (nSPS) is 10.4. The van der Waals surface area contributed by atoms with Gasteiger partial charge in [-0.2, -0.15) is 0 Å². The highest BCUT2D eigenvalue weighted by molar-refractivity contribution is 9.10. The first-order valence-electron chi connectivity index (χ1n) is 5.26. The van der Waals surface area contributed by atoms with Crippen molar-refractivity contribution >= 4 is 21.7 Å². The summed E-state index contributed by atoms with van der Waals surface area (Å²) in [7, 11) is 0. The Kier molecular flexibility index (Phi) is 3.73. The average molecular weight is 310 g/mol. The Balaban J connectivity index is 2.37. The van der Waals surface area contributed by atoms with Gasteiger partial charge < -0.3 is 9.99 Å². The van der Waals surface area contributed by atoms with Crippen LogP contribution in [0.4, 0.5) is 5.82 Å². The van der Waals surface area contributed by atoms with Crippen molar-refractivity contribution in [2.45, 2.75) is 13.5 Å². The van der Waals surface area contributed by atoms with Crippen molar-refractivity contribution in [1.82, 2.24) is 14.5 Å². The molecule has 94 valence electrons. The molecule has 0 spiro atoms. The monoisotopic (exact) mass is 309 g/mol. The molecule has 0 radical (unpaired) electrons. The van der Waals surface area contributed by atoms with Gasteiger partial charge in [0.25, 0.3) is 5.56 Å². The quantitative estimate of drug-likeness (QED) is 0.653. The molecule has 7 heteroatoms. The average Bonchev–Trinajstić information content (AvgIpc) is 2.34. The summed E-state index contributed by atoms with van der Waals surface area (Å²) in [6, 6.07) is 5.21. The van der Waals surface area contributed by atoms with Crippen molar-refractivity contribution in [1.29, 1.82) is 0 Å². The predicted molar refractivity (Wildman–Crippen MR) is 72.1 cm³/mol. The third kappa shape index (κ3) is 2.74. The highest BCUT2D eigenvalue weighted by atomic mass is 79.9. The zero-order valence-electron chi connectivity index (χ0n) is 9.72. The van der Waals surface area contributed by atoms with E-state index >= 15 is 0 Å². The van der Waals surface area contributed by atoms with Crippen molar-refractivity contribution in [2.24, 2.45) is 5.84 Å². The first kappa shape index (κ1) is 12.7. The van der Waals surface area contributed by atoms with Gasteiger partial charge in [-0.15, -0.1) is 0 Å². The van der Waals surface area contributed by atoms with E-state index in [1.165, 1.54) is 4.57 Å². The molecule has 0 aromatic carbocycles. The number of anilines is 1. The number of nitrogens with zero attached hydrogens (tertiary/aromatic N) is 3. The number of hydrogen-bond donors (Lipinski definition) is 2. The van der Waals surface area contributed by atoms with Crippen LogP contribution in [-0.4, -0.2) is 14.5 Å². The van der Waals surface area contributed by atoms with E-state index in [9.17, 15) is 4.79 Å². The fraction of sp³-hybridized carbons (Fsp3) is 0.182. The number of pyridine rings is 1. The molecule has 0 saturated carbocycles. The molecule has 6 nitrogen and oxygen atoms in total. The Morgan fingerprint density at radius 1 is 1.50 bits per heavy atom. The molecule has 0 saturated heterocycles. The van der Waals surface area contributed by atoms with Crippen LogP contribution in [0.15, 0.2) is 33.7 Å². The molecule has 0 amide bonds. The van der Waals surface area contributed by atoms with E-state index in [4.69, 9.17) is 5.84 Å². The molecule has 0 atom stereocenters. The molecule has 0 fully saturated rings. The lowest BCUT2D eigenvalue weighted by Gasteiger charge is -2.07. The van der Waals surface area contributed by atoms with Gasteiger partial charge in [0, 0.05) is 18.0 Å². The van der Waals surface area contributed by atoms with Crippen LogP contribution >= 0.6 is 15.9 Å². The van der Waals surface area contributed by atoms with Gasteiger partial charge in [0.15, 0.2) is 5.82 Å². The molecule has 0 unspecified atom stereocenters. The molecule has 3 N–H and O–H groups in total. The maximum Gasteiger partial charge on any atom is 0.265 e. The van der Waals surface area contributed by atoms with Crippen molar-refractivity contribution in [3.63, 3.8) is 0 Å². The maximum absolute atomic E-state index is 11.8. The Hall–Kier alpha value is -1.73. The summed E-state index contributed by atoms with van der Waals surface area (Å²) in [6.07, 6.45) is 1.69. The van der Waals surface area contributed by atoms with E-state index in [1.54, 1.807) is 24.4 Å². The summed E-state index contributed by atoms with van der Waals surface area (Å²) >= 11 is 3.20. The van der Waals surface area contributed by atoms with E-state index in [-0.39, 0.29) is 5.56 Å². The van der Waals surface area contributed by atoms with Crippen LogP contribution in [0, 0.1) is 6.92 Å². The summed E-state index contributed by atoms with van der Waals surface area (Å²) in [5, 5.41) is 0. The Morgan fingerprint density at radius 2 is 2.28 bits per heavy atom. The molecule has 0 aliphatic rings. The maximum atomic E-state index is 11.8. The van der Waals surface area contributed by atoms with Gasteiger partial charge in [-0.3, -0.25) is 4.79 Å². The smallest absolute Gasteiger partial charge is 0.265 e. The minimum Gasteiger partial charge on any atom is -0.308 e. The number of halogens is 1. The minimum atomic E-state index is -0.120. The molecule has 0 bridgehead atoms. The van der Waals surface area contributed by atoms with E-state index in [2.05, 4.69) is 31.3 Å². The predicted octanol–water partition coefficient (Wildman–Crippen LogP) is 1.04. The van der Waals surface area contributed by atoms with Crippen LogP contribution in [-0.2, 0) is 6.54 Å². The highest BCUT2D eigenvalue weighted by Crippen LogP contribution is 2.06. The Labute approximate surface area is 112 Å². The molecule has 18 heavy (non-hydrogen) atoms. The summed E-state index contributed by atoms with van der Waals surface area (Å²) in [4.78, 5) is 20.3. The number of rotatable bonds is 3. The van der Waals surface area contributed by atoms with Crippen LogP contribution < -0.4 is 16.8 Å². The summed E-state index contributed by atoms with van der Waals surface area (Å²) in [5.41, 5.74) is 3.14. The second-order valence-electron chi connectivity index (χ2n) is 3.74. The van der Waals surface area contributed by atoms with Crippen molar-refractivity contribution in [3.8, 4) is 0 Å². The zero-order chi connectivity index (χ0) is 13.1. The van der Waals surface area contributed by atoms with Gasteiger partial charge in [0.2, 0.25) is 0 Å². The molecule has 2 heterocycles. The van der Waals surface area contributed by atoms with Gasteiger partial charge in [0.1, 0.15) is 5.82 Å². The van der Waals surface area contributed by atoms with Gasteiger partial charge in [-0.05, 0) is 35.0 Å². The molecule has 0 aliphatic carbocycles. The van der Waals surface area contributed by atoms with Gasteiger partial charge in [0.05, 0.1) is 11.0 Å². The van der Waals surface area contributed by atoms with E-state index in [0.29, 0.717) is 22.7 Å². The second kappa shape index (κ2) is 5.28. The zero-order valence-corrected chi connectivity index (χ0v) is 11.3. The van der Waals surface area contributed by atoms with Crippen LogP contribution in [0.2, 0.25) is 0 Å². The van der Waals surface area contributed by atoms with Crippen LogP contribution in [0.1, 0.15) is 11.5 Å². The lowest BCUT2D eigenvalue weighted by atomic mass is 10.4. The molecule has 2 aromatic rings. The molecule has 2 aromatic heterocycles. The summed E-state index contributed by atoms with van der Waals surface area (Å²) in [5.74, 6) is 6.38. The number of hydrogen-bond acceptors (Lipinski definition) is 5. The number of hydrazine groups is 1. The Bertz CT molecular complexity index is 625. The number of nitrogens with one attached hydrogen (secondary N) is 1.